The van der Waals surface area contributed by atoms with Gasteiger partial charge < -0.3 is 19.8 Å². The molecule has 12 heavy (non-hydrogen) atoms. The summed E-state index contributed by atoms with van der Waals surface area (Å²) in [5, 5.41) is 17.8. The summed E-state index contributed by atoms with van der Waals surface area (Å²) in [6.45, 7) is 1.94. The van der Waals surface area contributed by atoms with Crippen molar-refractivity contribution in [3.05, 3.63) is 0 Å². The molecular formula is C4H6GeO6Zn. The molecule has 64 valence electrons. The Hall–Kier alpha value is -0.294. The third kappa shape index (κ3) is 8530. The van der Waals surface area contributed by atoms with Gasteiger partial charge in [0, 0.05) is 11.9 Å². The molecule has 0 amide bonds. The van der Waals surface area contributed by atoms with E-state index in [0.717, 1.165) is 13.8 Å². The minimum absolute atomic E-state index is 0. The molecule has 0 unspecified atom stereocenters. The Kier molecular flexibility index (Phi) is 42.2. The second kappa shape index (κ2) is 22.4. The van der Waals surface area contributed by atoms with Gasteiger partial charge in [-0.15, -0.1) is 0 Å². The standard InChI is InChI=1S/2C2H4O2.GeO2.Zn/c2*1-2(3)4;2-1-3;/h2*1H3,(H,3,4);;/q;;;+2/p-2. The van der Waals surface area contributed by atoms with Crippen molar-refractivity contribution in [2.45, 2.75) is 13.8 Å². The Balaban J connectivity index is -0.0000000389. The molecule has 0 aromatic heterocycles. The average molecular weight is 288 g/mol. The molecule has 0 fully saturated rings. The molecule has 6 nitrogen and oxygen atoms in total. The number of carbonyl (C=O) groups is 2. The molecule has 8 heteroatoms. The molecule has 0 aliphatic carbocycles. The first-order chi connectivity index (χ1) is 4.88. The molecule has 0 radical (unpaired) electrons. The summed E-state index contributed by atoms with van der Waals surface area (Å²) >= 11 is -2.00. The Bertz CT molecular complexity index is 132. The van der Waals surface area contributed by atoms with Crippen LogP contribution >= 0.6 is 0 Å². The molecule has 0 aromatic carbocycles. The number of carboxylic acid groups (broad SMARTS) is 2. The summed E-state index contributed by atoms with van der Waals surface area (Å²) in [6, 6.07) is 0. The van der Waals surface area contributed by atoms with Gasteiger partial charge >= 0.3 is 42.3 Å². The molecule has 0 atom stereocenters. The minimum Gasteiger partial charge on any atom is 2.00 e. The molecule has 0 saturated carbocycles. The first-order valence-electron chi connectivity index (χ1n) is 2.22. The van der Waals surface area contributed by atoms with Gasteiger partial charge in [0.25, 0.3) is 0 Å². The molecule has 0 aliphatic rings. The van der Waals surface area contributed by atoms with Gasteiger partial charge in [-0.1, -0.05) is 0 Å². The number of carbonyl (C=O) groups excluding carboxylic acids is 2. The second-order valence-electron chi connectivity index (χ2n) is 1.07. The van der Waals surface area contributed by atoms with Crippen LogP contribution in [-0.4, -0.2) is 27.2 Å². The van der Waals surface area contributed by atoms with Crippen molar-refractivity contribution in [3.63, 3.8) is 0 Å². The van der Waals surface area contributed by atoms with Crippen LogP contribution in [-0.2, 0) is 36.6 Å². The Labute approximate surface area is 88.0 Å². The molecule has 0 aliphatic heterocycles. The van der Waals surface area contributed by atoms with Crippen LogP contribution in [0.3, 0.4) is 0 Å². The molecule has 0 rings (SSSR count). The fourth-order valence-corrected chi connectivity index (χ4v) is 0. The monoisotopic (exact) mass is 288 g/mol. The van der Waals surface area contributed by atoms with Gasteiger partial charge in [-0.25, -0.2) is 0 Å². The van der Waals surface area contributed by atoms with E-state index in [4.69, 9.17) is 27.4 Å². The van der Waals surface area contributed by atoms with Gasteiger partial charge in [-0.2, -0.15) is 0 Å². The van der Waals surface area contributed by atoms with E-state index < -0.39 is 27.2 Å². The van der Waals surface area contributed by atoms with E-state index in [-0.39, 0.29) is 19.5 Å². The largest absolute Gasteiger partial charge is 2.00 e. The van der Waals surface area contributed by atoms with Crippen molar-refractivity contribution in [1.29, 1.82) is 0 Å². The molecule has 0 bridgehead atoms. The predicted molar refractivity (Wildman–Crippen MR) is 28.5 cm³/mol. The SMILES string of the molecule is CC(=O)[O-].CC(=O)[O-].[O]=[Ge]=[O].[Zn+2]. The van der Waals surface area contributed by atoms with Crippen LogP contribution in [0.4, 0.5) is 0 Å². The molecule has 0 saturated heterocycles. The van der Waals surface area contributed by atoms with Crippen molar-refractivity contribution in [2.24, 2.45) is 0 Å². The smallest absolute Gasteiger partial charge is 2.00 e. The van der Waals surface area contributed by atoms with Crippen LogP contribution in [0.2, 0.25) is 0 Å². The first kappa shape index (κ1) is 22.6. The maximum Gasteiger partial charge on any atom is 2.00 e. The normalized spacial score (nSPS) is 4.83. The number of rotatable bonds is 0. The van der Waals surface area contributed by atoms with Crippen LogP contribution in [0.1, 0.15) is 13.8 Å². The summed E-state index contributed by atoms with van der Waals surface area (Å²) < 4.78 is 17.0. The quantitative estimate of drug-likeness (QED) is 0.436. The Morgan fingerprint density at radius 3 is 1.00 bits per heavy atom. The van der Waals surface area contributed by atoms with E-state index in [9.17, 15) is 0 Å². The number of aliphatic carboxylic acids is 2. The summed E-state index contributed by atoms with van der Waals surface area (Å²) in [4.78, 5) is 17.8. The van der Waals surface area contributed by atoms with Crippen molar-refractivity contribution >= 4 is 27.2 Å². The van der Waals surface area contributed by atoms with E-state index in [1.165, 1.54) is 0 Å². The van der Waals surface area contributed by atoms with Crippen LogP contribution < -0.4 is 10.2 Å². The van der Waals surface area contributed by atoms with Crippen LogP contribution in [0.15, 0.2) is 0 Å². The molecule has 0 aromatic rings. The molecule has 0 N–H and O–H groups in total. The zero-order chi connectivity index (χ0) is 9.86. The fraction of sp³-hybridized carbons (Fsp3) is 0.500. The van der Waals surface area contributed by atoms with Crippen LogP contribution in [0.5, 0.6) is 0 Å². The van der Waals surface area contributed by atoms with Crippen molar-refractivity contribution in [3.8, 4) is 0 Å². The van der Waals surface area contributed by atoms with E-state index in [1.807, 2.05) is 0 Å². The van der Waals surface area contributed by atoms with E-state index in [2.05, 4.69) is 0 Å². The van der Waals surface area contributed by atoms with Crippen LogP contribution in [0, 0.1) is 0 Å². The molecule has 0 heterocycles. The summed E-state index contributed by atoms with van der Waals surface area (Å²) in [6.07, 6.45) is 0. The van der Waals surface area contributed by atoms with Crippen LogP contribution in [0.25, 0.3) is 0 Å². The van der Waals surface area contributed by atoms with Gasteiger partial charge in [-0.05, 0) is 13.8 Å². The summed E-state index contributed by atoms with van der Waals surface area (Å²) in [5.41, 5.74) is 0. The van der Waals surface area contributed by atoms with Gasteiger partial charge in [0.2, 0.25) is 0 Å². The van der Waals surface area contributed by atoms with E-state index >= 15 is 0 Å². The van der Waals surface area contributed by atoms with Gasteiger partial charge in [0.05, 0.1) is 0 Å². The number of hydrogen-bond donors (Lipinski definition) is 0. The van der Waals surface area contributed by atoms with Gasteiger partial charge in [0.15, 0.2) is 0 Å². The maximum absolute atomic E-state index is 8.89. The molecular weight excluding hydrogens is 282 g/mol. The zero-order valence-corrected chi connectivity index (χ0v) is 11.7. The third-order valence-electron chi connectivity index (χ3n) is 0. The van der Waals surface area contributed by atoms with Crippen molar-refractivity contribution < 1.29 is 46.8 Å². The van der Waals surface area contributed by atoms with E-state index in [0.29, 0.717) is 0 Å². The summed E-state index contributed by atoms with van der Waals surface area (Å²) in [5.74, 6) is -2.17. The Morgan fingerprint density at radius 2 is 1.00 bits per heavy atom. The van der Waals surface area contributed by atoms with Crippen molar-refractivity contribution in [1.82, 2.24) is 0 Å². The zero-order valence-electron chi connectivity index (χ0n) is 6.66. The topological polar surface area (TPSA) is 114 Å². The fourth-order valence-electron chi connectivity index (χ4n) is 0. The average Bonchev–Trinajstić information content (AvgIpc) is 1.60. The molecule has 0 spiro atoms. The second-order valence-corrected chi connectivity index (χ2v) is 1.42. The van der Waals surface area contributed by atoms with Gasteiger partial charge in [0.1, 0.15) is 0 Å². The minimum atomic E-state index is -2.00. The summed E-state index contributed by atoms with van der Waals surface area (Å²) in [7, 11) is 0. The predicted octanol–water partition coefficient (Wildman–Crippen LogP) is -3.11. The third-order valence-corrected chi connectivity index (χ3v) is 0. The van der Waals surface area contributed by atoms with Crippen molar-refractivity contribution in [2.75, 3.05) is 0 Å². The van der Waals surface area contributed by atoms with Gasteiger partial charge in [-0.3, -0.25) is 0 Å². The first-order valence-corrected chi connectivity index (χ1v) is 3.94. The van der Waals surface area contributed by atoms with E-state index in [1.54, 1.807) is 0 Å². The number of carboxylic acids is 2. The Morgan fingerprint density at radius 1 is 1.00 bits per heavy atom. The maximum atomic E-state index is 8.89. The number of hydrogen-bond acceptors (Lipinski definition) is 6.